The monoisotopic (exact) mass is 268 g/mol. The highest BCUT2D eigenvalue weighted by Gasteiger charge is 2.31. The molecule has 1 heterocycles. The van der Waals surface area contributed by atoms with Crippen LogP contribution in [0, 0.1) is 0 Å². The Bertz CT molecular complexity index is 247. The van der Waals surface area contributed by atoms with E-state index in [0.717, 1.165) is 6.42 Å². The van der Waals surface area contributed by atoms with Crippen molar-refractivity contribution in [3.05, 3.63) is 0 Å². The van der Waals surface area contributed by atoms with Gasteiger partial charge in [-0.05, 0) is 65.1 Å². The fraction of sp³-hybridized carbons (Fsp3) is 1.00. The Balaban J connectivity index is 1.58. The molecule has 0 amide bonds. The summed E-state index contributed by atoms with van der Waals surface area (Å²) in [5.41, 5.74) is -0.0417. The first-order chi connectivity index (χ1) is 9.22. The Morgan fingerprint density at radius 2 is 1.79 bits per heavy atom. The SMILES string of the molecule is CC(CO)(CCCCN1CCCCCC1)NC1CC1. The van der Waals surface area contributed by atoms with Crippen LogP contribution in [-0.2, 0) is 0 Å². The third kappa shape index (κ3) is 5.80. The maximum atomic E-state index is 9.57. The molecular weight excluding hydrogens is 236 g/mol. The van der Waals surface area contributed by atoms with Gasteiger partial charge in [0.2, 0.25) is 0 Å². The van der Waals surface area contributed by atoms with E-state index in [1.54, 1.807) is 0 Å². The Hall–Kier alpha value is -0.120. The first-order valence-electron chi connectivity index (χ1n) is 8.33. The van der Waals surface area contributed by atoms with Gasteiger partial charge in [-0.25, -0.2) is 0 Å². The second-order valence-corrected chi connectivity index (χ2v) is 6.85. The quantitative estimate of drug-likeness (QED) is 0.664. The van der Waals surface area contributed by atoms with Gasteiger partial charge in [-0.1, -0.05) is 19.3 Å². The first-order valence-corrected chi connectivity index (χ1v) is 8.33. The molecule has 0 aromatic carbocycles. The van der Waals surface area contributed by atoms with Crippen molar-refractivity contribution in [3.63, 3.8) is 0 Å². The molecule has 1 atom stereocenters. The van der Waals surface area contributed by atoms with E-state index in [1.165, 1.54) is 71.0 Å². The average molecular weight is 268 g/mol. The van der Waals surface area contributed by atoms with Crippen molar-refractivity contribution in [2.75, 3.05) is 26.2 Å². The number of unbranched alkanes of at least 4 members (excludes halogenated alkanes) is 1. The summed E-state index contributed by atoms with van der Waals surface area (Å²) < 4.78 is 0. The smallest absolute Gasteiger partial charge is 0.0610 e. The molecule has 0 spiro atoms. The molecule has 0 aromatic rings. The second kappa shape index (κ2) is 7.61. The molecule has 0 radical (unpaired) electrons. The number of hydrogen-bond donors (Lipinski definition) is 2. The topological polar surface area (TPSA) is 35.5 Å². The molecule has 1 aliphatic heterocycles. The standard InChI is InChI=1S/C16H32N2O/c1-16(14-19,17-15-8-9-15)10-4-7-13-18-11-5-2-3-6-12-18/h15,17,19H,2-14H2,1H3. The van der Waals surface area contributed by atoms with Crippen molar-refractivity contribution in [3.8, 4) is 0 Å². The molecule has 112 valence electrons. The molecular formula is C16H32N2O. The summed E-state index contributed by atoms with van der Waals surface area (Å²) in [4.78, 5) is 2.64. The van der Waals surface area contributed by atoms with E-state index >= 15 is 0 Å². The summed E-state index contributed by atoms with van der Waals surface area (Å²) in [6, 6.07) is 0.683. The van der Waals surface area contributed by atoms with Crippen molar-refractivity contribution in [2.24, 2.45) is 0 Å². The first kappa shape index (κ1) is 15.3. The van der Waals surface area contributed by atoms with Gasteiger partial charge in [-0.3, -0.25) is 0 Å². The fourth-order valence-electron chi connectivity index (χ4n) is 3.13. The molecule has 2 fully saturated rings. The molecule has 1 saturated carbocycles. The number of aliphatic hydroxyl groups excluding tert-OH is 1. The number of aliphatic hydroxyl groups is 1. The highest BCUT2D eigenvalue weighted by Crippen LogP contribution is 2.25. The van der Waals surface area contributed by atoms with Crippen LogP contribution in [0.15, 0.2) is 0 Å². The minimum atomic E-state index is -0.0417. The van der Waals surface area contributed by atoms with E-state index in [9.17, 15) is 5.11 Å². The van der Waals surface area contributed by atoms with Gasteiger partial charge < -0.3 is 15.3 Å². The van der Waals surface area contributed by atoms with Crippen LogP contribution in [0.25, 0.3) is 0 Å². The van der Waals surface area contributed by atoms with Crippen molar-refractivity contribution in [1.29, 1.82) is 0 Å². The van der Waals surface area contributed by atoms with Crippen molar-refractivity contribution >= 4 is 0 Å². The van der Waals surface area contributed by atoms with Crippen LogP contribution >= 0.6 is 0 Å². The van der Waals surface area contributed by atoms with Crippen LogP contribution in [0.5, 0.6) is 0 Å². The lowest BCUT2D eigenvalue weighted by atomic mass is 9.95. The van der Waals surface area contributed by atoms with Crippen LogP contribution in [0.3, 0.4) is 0 Å². The van der Waals surface area contributed by atoms with E-state index in [2.05, 4.69) is 17.1 Å². The lowest BCUT2D eigenvalue weighted by Gasteiger charge is -2.29. The molecule has 0 bridgehead atoms. The molecule has 19 heavy (non-hydrogen) atoms. The van der Waals surface area contributed by atoms with Gasteiger partial charge in [-0.2, -0.15) is 0 Å². The van der Waals surface area contributed by atoms with Crippen LogP contribution in [0.4, 0.5) is 0 Å². The highest BCUT2D eigenvalue weighted by atomic mass is 16.3. The normalized spacial score (nSPS) is 24.9. The highest BCUT2D eigenvalue weighted by molar-refractivity contribution is 4.92. The Morgan fingerprint density at radius 3 is 2.37 bits per heavy atom. The van der Waals surface area contributed by atoms with Gasteiger partial charge >= 0.3 is 0 Å². The number of likely N-dealkylation sites (tertiary alicyclic amines) is 1. The summed E-state index contributed by atoms with van der Waals surface area (Å²) in [6.07, 6.45) is 11.8. The van der Waals surface area contributed by atoms with E-state index in [4.69, 9.17) is 0 Å². The lowest BCUT2D eigenvalue weighted by molar-refractivity contribution is 0.159. The Morgan fingerprint density at radius 1 is 1.11 bits per heavy atom. The van der Waals surface area contributed by atoms with Gasteiger partial charge in [0, 0.05) is 11.6 Å². The molecule has 2 aliphatic rings. The molecule has 0 aromatic heterocycles. The molecule has 1 aliphatic carbocycles. The van der Waals surface area contributed by atoms with Crippen LogP contribution in [0.1, 0.15) is 64.7 Å². The van der Waals surface area contributed by atoms with Gasteiger partial charge in [-0.15, -0.1) is 0 Å². The zero-order valence-corrected chi connectivity index (χ0v) is 12.7. The van der Waals surface area contributed by atoms with Crippen LogP contribution in [-0.4, -0.2) is 47.8 Å². The van der Waals surface area contributed by atoms with E-state index < -0.39 is 0 Å². The minimum Gasteiger partial charge on any atom is -0.394 e. The number of hydrogen-bond acceptors (Lipinski definition) is 3. The number of rotatable bonds is 8. The molecule has 3 heteroatoms. The van der Waals surface area contributed by atoms with Gasteiger partial charge in [0.15, 0.2) is 0 Å². The van der Waals surface area contributed by atoms with Gasteiger partial charge in [0.1, 0.15) is 0 Å². The zero-order valence-electron chi connectivity index (χ0n) is 12.7. The molecule has 2 rings (SSSR count). The molecule has 1 unspecified atom stereocenters. The Kier molecular flexibility index (Phi) is 6.11. The van der Waals surface area contributed by atoms with Crippen molar-refractivity contribution in [1.82, 2.24) is 10.2 Å². The summed E-state index contributed by atoms with van der Waals surface area (Å²) in [5.74, 6) is 0. The lowest BCUT2D eigenvalue weighted by Crippen LogP contribution is -2.47. The molecule has 3 nitrogen and oxygen atoms in total. The average Bonchev–Trinajstić information content (AvgIpc) is 3.22. The van der Waals surface area contributed by atoms with Crippen LogP contribution < -0.4 is 5.32 Å². The largest absolute Gasteiger partial charge is 0.394 e. The molecule has 2 N–H and O–H groups in total. The second-order valence-electron chi connectivity index (χ2n) is 6.85. The summed E-state index contributed by atoms with van der Waals surface area (Å²) >= 11 is 0. The number of nitrogens with one attached hydrogen (secondary N) is 1. The summed E-state index contributed by atoms with van der Waals surface area (Å²) in [7, 11) is 0. The van der Waals surface area contributed by atoms with E-state index in [1.807, 2.05) is 0 Å². The van der Waals surface area contributed by atoms with Crippen molar-refractivity contribution < 1.29 is 5.11 Å². The number of nitrogens with zero attached hydrogens (tertiary/aromatic N) is 1. The van der Waals surface area contributed by atoms with Gasteiger partial charge in [0.25, 0.3) is 0 Å². The maximum Gasteiger partial charge on any atom is 0.0610 e. The Labute approximate surface area is 118 Å². The predicted molar refractivity (Wildman–Crippen MR) is 80.4 cm³/mol. The molecule has 1 saturated heterocycles. The maximum absolute atomic E-state index is 9.57. The van der Waals surface area contributed by atoms with Gasteiger partial charge in [0.05, 0.1) is 6.61 Å². The van der Waals surface area contributed by atoms with E-state index in [-0.39, 0.29) is 12.1 Å². The fourth-order valence-corrected chi connectivity index (χ4v) is 3.13. The third-order valence-electron chi connectivity index (χ3n) is 4.63. The zero-order chi connectivity index (χ0) is 13.6. The predicted octanol–water partition coefficient (Wildman–Crippen LogP) is 2.54. The van der Waals surface area contributed by atoms with Crippen LogP contribution in [0.2, 0.25) is 0 Å². The third-order valence-corrected chi connectivity index (χ3v) is 4.63. The summed E-state index contributed by atoms with van der Waals surface area (Å²) in [5, 5.41) is 13.2. The summed E-state index contributed by atoms with van der Waals surface area (Å²) in [6.45, 7) is 6.31. The van der Waals surface area contributed by atoms with Crippen molar-refractivity contribution in [2.45, 2.75) is 76.3 Å². The van der Waals surface area contributed by atoms with E-state index in [0.29, 0.717) is 6.04 Å². The minimum absolute atomic E-state index is 0.0417.